The van der Waals surface area contributed by atoms with Gasteiger partial charge < -0.3 is 10.2 Å². The molecule has 0 aliphatic carbocycles. The third-order valence-electron chi connectivity index (χ3n) is 4.30. The number of nitrogens with one attached hydrogen (secondary N) is 1. The number of hydrogen-bond acceptors (Lipinski definition) is 3. The molecular formula is C14H27N3O. The van der Waals surface area contributed by atoms with Crippen molar-refractivity contribution in [2.24, 2.45) is 5.92 Å². The average molecular weight is 253 g/mol. The molecule has 0 aromatic heterocycles. The molecule has 0 aromatic rings. The minimum atomic E-state index is 0.329. The number of carbonyl (C=O) groups is 1. The van der Waals surface area contributed by atoms with Crippen molar-refractivity contribution in [1.29, 1.82) is 0 Å². The molecule has 0 aromatic carbocycles. The van der Waals surface area contributed by atoms with E-state index in [9.17, 15) is 4.79 Å². The van der Waals surface area contributed by atoms with Gasteiger partial charge in [0.25, 0.3) is 0 Å². The zero-order valence-corrected chi connectivity index (χ0v) is 11.8. The molecule has 4 nitrogen and oxygen atoms in total. The highest BCUT2D eigenvalue weighted by Crippen LogP contribution is 2.16. The molecule has 2 aliphatic heterocycles. The largest absolute Gasteiger partial charge is 0.341 e. The van der Waals surface area contributed by atoms with Gasteiger partial charge in [0.05, 0.1) is 6.54 Å². The molecule has 104 valence electrons. The first-order chi connectivity index (χ1) is 8.70. The van der Waals surface area contributed by atoms with Crippen LogP contribution in [0.25, 0.3) is 0 Å². The van der Waals surface area contributed by atoms with E-state index in [1.807, 2.05) is 0 Å². The lowest BCUT2D eigenvalue weighted by Gasteiger charge is -2.34. The van der Waals surface area contributed by atoms with Crippen LogP contribution >= 0.6 is 0 Å². The van der Waals surface area contributed by atoms with Gasteiger partial charge in [-0.3, -0.25) is 9.69 Å². The molecule has 0 bridgehead atoms. The Hall–Kier alpha value is -0.610. The number of amides is 1. The molecule has 2 aliphatic rings. The summed E-state index contributed by atoms with van der Waals surface area (Å²) in [6, 6.07) is 0.557. The van der Waals surface area contributed by atoms with E-state index in [-0.39, 0.29) is 0 Å². The van der Waals surface area contributed by atoms with Gasteiger partial charge in [0.1, 0.15) is 0 Å². The number of piperidine rings is 1. The molecule has 2 fully saturated rings. The molecule has 2 rings (SSSR count). The monoisotopic (exact) mass is 253 g/mol. The van der Waals surface area contributed by atoms with Gasteiger partial charge in [0.2, 0.25) is 5.91 Å². The second-order valence-electron chi connectivity index (χ2n) is 5.80. The number of likely N-dealkylation sites (N-methyl/N-ethyl adjacent to an activating group) is 1. The van der Waals surface area contributed by atoms with Crippen molar-refractivity contribution in [2.45, 2.75) is 39.2 Å². The number of rotatable bonds is 4. The van der Waals surface area contributed by atoms with Crippen molar-refractivity contribution in [2.75, 3.05) is 39.3 Å². The SMILES string of the molecule is CCN(CC(=O)N1CCCC(C)C1)C1CCNC1. The van der Waals surface area contributed by atoms with E-state index < -0.39 is 0 Å². The molecule has 18 heavy (non-hydrogen) atoms. The molecule has 2 unspecified atom stereocenters. The van der Waals surface area contributed by atoms with Crippen LogP contribution in [-0.2, 0) is 4.79 Å². The summed E-state index contributed by atoms with van der Waals surface area (Å²) in [5.41, 5.74) is 0. The first kappa shape index (κ1) is 13.8. The Kier molecular flexibility index (Phi) is 5.01. The summed E-state index contributed by atoms with van der Waals surface area (Å²) in [6.07, 6.45) is 3.62. The Labute approximate surface area is 111 Å². The van der Waals surface area contributed by atoms with E-state index in [4.69, 9.17) is 0 Å². The van der Waals surface area contributed by atoms with Crippen LogP contribution in [0.15, 0.2) is 0 Å². The maximum absolute atomic E-state index is 12.3. The van der Waals surface area contributed by atoms with E-state index in [1.54, 1.807) is 0 Å². The highest BCUT2D eigenvalue weighted by atomic mass is 16.2. The smallest absolute Gasteiger partial charge is 0.236 e. The molecule has 2 atom stereocenters. The van der Waals surface area contributed by atoms with Crippen LogP contribution in [-0.4, -0.2) is 61.0 Å². The van der Waals surface area contributed by atoms with Crippen LogP contribution in [0.3, 0.4) is 0 Å². The predicted molar refractivity (Wildman–Crippen MR) is 73.5 cm³/mol. The topological polar surface area (TPSA) is 35.6 Å². The third kappa shape index (κ3) is 3.45. The predicted octanol–water partition coefficient (Wildman–Crippen LogP) is 0.929. The Bertz CT molecular complexity index is 276. The van der Waals surface area contributed by atoms with Crippen LogP contribution < -0.4 is 5.32 Å². The maximum atomic E-state index is 12.3. The Balaban J connectivity index is 1.84. The number of carbonyl (C=O) groups excluding carboxylic acids is 1. The molecule has 0 saturated carbocycles. The Morgan fingerprint density at radius 2 is 2.28 bits per heavy atom. The summed E-state index contributed by atoms with van der Waals surface area (Å²) >= 11 is 0. The van der Waals surface area contributed by atoms with Crippen LogP contribution in [0.4, 0.5) is 0 Å². The Morgan fingerprint density at radius 3 is 2.89 bits per heavy atom. The lowest BCUT2D eigenvalue weighted by molar-refractivity contribution is -0.134. The second-order valence-corrected chi connectivity index (χ2v) is 5.80. The Morgan fingerprint density at radius 1 is 1.44 bits per heavy atom. The van der Waals surface area contributed by atoms with E-state index in [2.05, 4.69) is 29.0 Å². The van der Waals surface area contributed by atoms with Gasteiger partial charge in [-0.05, 0) is 38.3 Å². The summed E-state index contributed by atoms with van der Waals surface area (Å²) in [5.74, 6) is 1.00. The zero-order chi connectivity index (χ0) is 13.0. The maximum Gasteiger partial charge on any atom is 0.236 e. The van der Waals surface area contributed by atoms with Crippen molar-refractivity contribution in [1.82, 2.24) is 15.1 Å². The molecule has 1 amide bonds. The van der Waals surface area contributed by atoms with Crippen LogP contribution in [0.1, 0.15) is 33.1 Å². The van der Waals surface area contributed by atoms with E-state index >= 15 is 0 Å². The lowest BCUT2D eigenvalue weighted by atomic mass is 10.0. The summed E-state index contributed by atoms with van der Waals surface area (Å²) in [4.78, 5) is 16.7. The van der Waals surface area contributed by atoms with Crippen molar-refractivity contribution in [3.63, 3.8) is 0 Å². The van der Waals surface area contributed by atoms with Gasteiger partial charge >= 0.3 is 0 Å². The van der Waals surface area contributed by atoms with Gasteiger partial charge in [0.15, 0.2) is 0 Å². The highest BCUT2D eigenvalue weighted by molar-refractivity contribution is 5.78. The molecule has 0 radical (unpaired) electrons. The fraction of sp³-hybridized carbons (Fsp3) is 0.929. The molecule has 2 heterocycles. The normalized spacial score (nSPS) is 28.9. The van der Waals surface area contributed by atoms with Gasteiger partial charge in [-0.25, -0.2) is 0 Å². The van der Waals surface area contributed by atoms with Crippen molar-refractivity contribution in [3.05, 3.63) is 0 Å². The zero-order valence-electron chi connectivity index (χ0n) is 11.8. The van der Waals surface area contributed by atoms with Gasteiger partial charge in [-0.15, -0.1) is 0 Å². The minimum Gasteiger partial charge on any atom is -0.341 e. The number of hydrogen-bond donors (Lipinski definition) is 1. The molecule has 4 heteroatoms. The first-order valence-electron chi connectivity index (χ1n) is 7.43. The highest BCUT2D eigenvalue weighted by Gasteiger charge is 2.26. The molecule has 2 saturated heterocycles. The minimum absolute atomic E-state index is 0.329. The fourth-order valence-corrected chi connectivity index (χ4v) is 3.14. The number of likely N-dealkylation sites (tertiary alicyclic amines) is 1. The van der Waals surface area contributed by atoms with Crippen LogP contribution in [0.5, 0.6) is 0 Å². The van der Waals surface area contributed by atoms with Crippen molar-refractivity contribution < 1.29 is 4.79 Å². The van der Waals surface area contributed by atoms with Crippen LogP contribution in [0, 0.1) is 5.92 Å². The van der Waals surface area contributed by atoms with E-state index in [0.717, 1.165) is 32.7 Å². The van der Waals surface area contributed by atoms with E-state index in [0.29, 0.717) is 24.4 Å². The average Bonchev–Trinajstić information content (AvgIpc) is 2.89. The number of nitrogens with zero attached hydrogens (tertiary/aromatic N) is 2. The summed E-state index contributed by atoms with van der Waals surface area (Å²) < 4.78 is 0. The van der Waals surface area contributed by atoms with Crippen LogP contribution in [0.2, 0.25) is 0 Å². The quantitative estimate of drug-likeness (QED) is 0.809. The van der Waals surface area contributed by atoms with Crippen molar-refractivity contribution in [3.8, 4) is 0 Å². The summed E-state index contributed by atoms with van der Waals surface area (Å²) in [7, 11) is 0. The van der Waals surface area contributed by atoms with Gasteiger partial charge in [0, 0.05) is 25.7 Å². The third-order valence-corrected chi connectivity index (χ3v) is 4.30. The summed E-state index contributed by atoms with van der Waals surface area (Å²) in [6.45, 7) is 10.0. The van der Waals surface area contributed by atoms with E-state index in [1.165, 1.54) is 19.3 Å². The van der Waals surface area contributed by atoms with Crippen molar-refractivity contribution >= 4 is 5.91 Å². The molecular weight excluding hydrogens is 226 g/mol. The van der Waals surface area contributed by atoms with Gasteiger partial charge in [-0.1, -0.05) is 13.8 Å². The van der Waals surface area contributed by atoms with Gasteiger partial charge in [-0.2, -0.15) is 0 Å². The fourth-order valence-electron chi connectivity index (χ4n) is 3.14. The first-order valence-corrected chi connectivity index (χ1v) is 7.43. The lowest BCUT2D eigenvalue weighted by Crippen LogP contribution is -2.47. The standard InChI is InChI=1S/C14H27N3O/c1-3-16(13-6-7-15-9-13)11-14(18)17-8-4-5-12(2)10-17/h12-13,15H,3-11H2,1-2H3. The second kappa shape index (κ2) is 6.53. The molecule has 1 N–H and O–H groups in total. The summed E-state index contributed by atoms with van der Waals surface area (Å²) in [5, 5.41) is 3.38. The molecule has 0 spiro atoms.